The predicted molar refractivity (Wildman–Crippen MR) is 146 cm³/mol. The molecule has 0 bridgehead atoms. The molecular formula is C27H34ClN5O4. The molecule has 1 saturated carbocycles. The molecule has 10 heteroatoms. The Morgan fingerprint density at radius 3 is 2.43 bits per heavy atom. The molecule has 1 N–H and O–H groups in total. The number of aliphatic imine (C=N–C) groups is 3. The van der Waals surface area contributed by atoms with Gasteiger partial charge in [-0.1, -0.05) is 26.0 Å². The largest absolute Gasteiger partial charge is 0.493 e. The molecule has 1 heterocycles. The van der Waals surface area contributed by atoms with Crippen molar-refractivity contribution in [3.8, 4) is 0 Å². The van der Waals surface area contributed by atoms with Crippen LogP contribution in [0.5, 0.6) is 0 Å². The number of amidine groups is 1. The molecule has 1 fully saturated rings. The average molecular weight is 528 g/mol. The molecule has 4 atom stereocenters. The van der Waals surface area contributed by atoms with Gasteiger partial charge >= 0.3 is 5.97 Å². The molecule has 0 saturated heterocycles. The predicted octanol–water partition coefficient (Wildman–Crippen LogP) is 4.21. The first-order valence-corrected chi connectivity index (χ1v) is 12.9. The maximum absolute atomic E-state index is 12.0. The highest BCUT2D eigenvalue weighted by molar-refractivity contribution is 6.29. The van der Waals surface area contributed by atoms with Crippen molar-refractivity contribution < 1.29 is 19.4 Å². The van der Waals surface area contributed by atoms with E-state index >= 15 is 0 Å². The van der Waals surface area contributed by atoms with E-state index in [2.05, 4.69) is 28.7 Å². The number of hydrogen-bond acceptors (Lipinski definition) is 7. The Labute approximate surface area is 223 Å². The van der Waals surface area contributed by atoms with Crippen molar-refractivity contribution in [3.05, 3.63) is 53.5 Å². The Balaban J connectivity index is 1.51. The Hall–Kier alpha value is -3.17. The number of carbonyl (C=O) groups is 1. The van der Waals surface area contributed by atoms with Crippen LogP contribution in [0.4, 0.5) is 5.69 Å². The summed E-state index contributed by atoms with van der Waals surface area (Å²) in [5.74, 6) is 0.704. The Bertz CT molecular complexity index is 1140. The summed E-state index contributed by atoms with van der Waals surface area (Å²) in [6.07, 6.45) is 7.56. The van der Waals surface area contributed by atoms with Crippen molar-refractivity contribution in [3.63, 3.8) is 0 Å². The highest BCUT2D eigenvalue weighted by Gasteiger charge is 2.35. The second-order valence-corrected chi connectivity index (χ2v) is 9.52. The Morgan fingerprint density at radius 2 is 1.86 bits per heavy atom. The highest BCUT2D eigenvalue weighted by atomic mass is 35.5. The molecule has 9 nitrogen and oxygen atoms in total. The molecule has 0 spiro atoms. The van der Waals surface area contributed by atoms with Crippen LogP contribution in [0, 0.1) is 5.92 Å². The maximum atomic E-state index is 12.0. The normalized spacial score (nSPS) is 25.9. The Morgan fingerprint density at radius 1 is 1.19 bits per heavy atom. The highest BCUT2D eigenvalue weighted by Crippen LogP contribution is 2.32. The van der Waals surface area contributed by atoms with Gasteiger partial charge in [-0.3, -0.25) is 14.9 Å². The minimum atomic E-state index is -0.908. The van der Waals surface area contributed by atoms with Crippen LogP contribution in [0.15, 0.2) is 62.9 Å². The second-order valence-electron chi connectivity index (χ2n) is 9.15. The third-order valence-electron chi connectivity index (χ3n) is 7.09. The summed E-state index contributed by atoms with van der Waals surface area (Å²) in [6.45, 7) is 6.11. The van der Waals surface area contributed by atoms with E-state index in [0.717, 1.165) is 37.2 Å². The van der Waals surface area contributed by atoms with Gasteiger partial charge in [-0.15, -0.1) is 0 Å². The summed E-state index contributed by atoms with van der Waals surface area (Å²) < 4.78 is 12.2. The molecule has 1 aliphatic heterocycles. The second kappa shape index (κ2) is 11.9. The maximum Gasteiger partial charge on any atom is 0.328 e. The van der Waals surface area contributed by atoms with Gasteiger partial charge < -0.3 is 14.6 Å². The average Bonchev–Trinajstić information content (AvgIpc) is 2.90. The van der Waals surface area contributed by atoms with E-state index in [1.165, 1.54) is 10.8 Å². The van der Waals surface area contributed by atoms with Crippen molar-refractivity contribution in [2.45, 2.75) is 51.2 Å². The van der Waals surface area contributed by atoms with E-state index in [-0.39, 0.29) is 18.0 Å². The molecule has 3 aliphatic rings. The number of methoxy groups -OCH3 is 2. The van der Waals surface area contributed by atoms with Gasteiger partial charge in [0.05, 0.1) is 31.9 Å². The summed E-state index contributed by atoms with van der Waals surface area (Å²) in [7, 11) is 3.18. The van der Waals surface area contributed by atoms with Gasteiger partial charge in [0.1, 0.15) is 12.2 Å². The first-order chi connectivity index (χ1) is 17.9. The summed E-state index contributed by atoms with van der Waals surface area (Å²) in [5.41, 5.74) is 2.58. The number of aliphatic carboxylic acids is 1. The van der Waals surface area contributed by atoms with Crippen molar-refractivity contribution in [2.75, 3.05) is 27.3 Å². The summed E-state index contributed by atoms with van der Waals surface area (Å²) in [4.78, 5) is 28.2. The first-order valence-electron chi connectivity index (χ1n) is 12.6. The number of halogens is 1. The molecule has 0 radical (unpaired) electrons. The number of fused-ring (bicyclic) bond motifs is 1. The zero-order valence-electron chi connectivity index (χ0n) is 21.7. The van der Waals surface area contributed by atoms with E-state index in [0.29, 0.717) is 29.5 Å². The smallest absolute Gasteiger partial charge is 0.328 e. The minimum Gasteiger partial charge on any atom is -0.493 e. The van der Waals surface area contributed by atoms with Gasteiger partial charge in [-0.25, -0.2) is 14.2 Å². The van der Waals surface area contributed by atoms with Crippen LogP contribution >= 0.6 is 11.8 Å². The summed E-state index contributed by atoms with van der Waals surface area (Å²) >= 11 is 6.42. The third kappa shape index (κ3) is 5.88. The lowest BCUT2D eigenvalue weighted by molar-refractivity contribution is -0.138. The van der Waals surface area contributed by atoms with E-state index in [4.69, 9.17) is 26.2 Å². The van der Waals surface area contributed by atoms with Crippen molar-refractivity contribution >= 4 is 41.3 Å². The molecule has 1 aromatic rings. The first kappa shape index (κ1) is 26.9. The lowest BCUT2D eigenvalue weighted by Gasteiger charge is -2.38. The zero-order chi connectivity index (χ0) is 26.5. The van der Waals surface area contributed by atoms with E-state index < -0.39 is 12.0 Å². The number of carboxylic acids is 1. The Kier molecular flexibility index (Phi) is 8.66. The SMILES string of the molecule is CCN(CC)C1CCC1=NC(Cc1ccc(N=C2C3C=C(OC)C(OC)=C[C@@H]3N=CN2Cl)cc1)C(=O)O. The van der Waals surface area contributed by atoms with Crippen LogP contribution in [0.3, 0.4) is 0 Å². The number of nitrogens with zero attached hydrogens (tertiary/aromatic N) is 5. The zero-order valence-corrected chi connectivity index (χ0v) is 22.4. The quantitative estimate of drug-likeness (QED) is 0.457. The molecule has 198 valence electrons. The van der Waals surface area contributed by atoms with Crippen LogP contribution in [-0.4, -0.2) is 83.7 Å². The minimum absolute atomic E-state index is 0.205. The van der Waals surface area contributed by atoms with Gasteiger partial charge in [0.25, 0.3) is 0 Å². The molecule has 0 amide bonds. The number of ether oxygens (including phenoxy) is 2. The lowest BCUT2D eigenvalue weighted by Crippen LogP contribution is -2.48. The van der Waals surface area contributed by atoms with Gasteiger partial charge in [-0.05, 0) is 55.8 Å². The van der Waals surface area contributed by atoms with Crippen LogP contribution < -0.4 is 0 Å². The van der Waals surface area contributed by atoms with E-state index in [9.17, 15) is 9.90 Å². The van der Waals surface area contributed by atoms with E-state index in [1.807, 2.05) is 36.4 Å². The molecule has 37 heavy (non-hydrogen) atoms. The third-order valence-corrected chi connectivity index (χ3v) is 7.35. The van der Waals surface area contributed by atoms with Gasteiger partial charge in [0.2, 0.25) is 0 Å². The van der Waals surface area contributed by atoms with Crippen molar-refractivity contribution in [1.29, 1.82) is 0 Å². The molecule has 3 unspecified atom stereocenters. The van der Waals surface area contributed by atoms with Crippen LogP contribution in [-0.2, 0) is 20.7 Å². The monoisotopic (exact) mass is 527 g/mol. The summed E-state index contributed by atoms with van der Waals surface area (Å²) in [6, 6.07) is 6.77. The van der Waals surface area contributed by atoms with Crippen LogP contribution in [0.2, 0.25) is 0 Å². The number of carboxylic acid groups (broad SMARTS) is 1. The molecule has 0 aromatic heterocycles. The van der Waals surface area contributed by atoms with E-state index in [1.54, 1.807) is 14.2 Å². The fourth-order valence-corrected chi connectivity index (χ4v) is 5.11. The lowest BCUT2D eigenvalue weighted by atomic mass is 9.88. The molecule has 2 aliphatic carbocycles. The standard InChI is InChI=1S/C27H34ClN5O4/c1-5-32(6-2)23-12-11-20(23)31-22(27(34)35)13-17-7-9-18(10-8-17)30-26-19-14-24(36-3)25(37-4)15-21(19)29-16-33(26)28/h7-10,14-16,19,21-23H,5-6,11-13H2,1-4H3,(H,34,35)/t19?,21-,22?,23?/m0/s1. The topological polar surface area (TPSA) is 99.3 Å². The molecule has 1 aromatic carbocycles. The summed E-state index contributed by atoms with van der Waals surface area (Å²) in [5, 5.41) is 9.83. The van der Waals surface area contributed by atoms with Gasteiger partial charge in [-0.2, -0.15) is 0 Å². The fourth-order valence-electron chi connectivity index (χ4n) is 4.91. The van der Waals surface area contributed by atoms with Gasteiger partial charge in [0.15, 0.2) is 17.6 Å². The van der Waals surface area contributed by atoms with Gasteiger partial charge in [0, 0.05) is 30.0 Å². The molecule has 4 rings (SSSR count). The van der Waals surface area contributed by atoms with Crippen molar-refractivity contribution in [1.82, 2.24) is 9.32 Å². The van der Waals surface area contributed by atoms with Crippen LogP contribution in [0.25, 0.3) is 0 Å². The number of hydrogen-bond donors (Lipinski definition) is 1. The van der Waals surface area contributed by atoms with Crippen LogP contribution in [0.1, 0.15) is 32.3 Å². The van der Waals surface area contributed by atoms with Crippen molar-refractivity contribution in [2.24, 2.45) is 20.9 Å². The number of rotatable bonds is 10. The molecular weight excluding hydrogens is 494 g/mol. The fraction of sp³-hybridized carbons (Fsp3) is 0.481. The number of benzene rings is 1.